The quantitative estimate of drug-likeness (QED) is 0.621. The molecule has 1 saturated heterocycles. The zero-order valence-electron chi connectivity index (χ0n) is 9.97. The number of hydrogen-bond donors (Lipinski definition) is 3. The van der Waals surface area contributed by atoms with Crippen molar-refractivity contribution in [1.29, 1.82) is 0 Å². The van der Waals surface area contributed by atoms with Gasteiger partial charge in [-0.05, 0) is 32.9 Å². The Morgan fingerprint density at radius 2 is 2.20 bits per heavy atom. The topological polar surface area (TPSA) is 53.2 Å². The molecule has 0 bridgehead atoms. The first-order valence-corrected chi connectivity index (χ1v) is 5.82. The lowest BCUT2D eigenvalue weighted by Gasteiger charge is -2.36. The normalized spacial score (nSPS) is 31.3. The van der Waals surface area contributed by atoms with E-state index in [2.05, 4.69) is 29.8 Å². The Hall–Kier alpha value is -0.610. The van der Waals surface area contributed by atoms with E-state index in [1.165, 1.54) is 0 Å². The molecule has 0 radical (unpaired) electrons. The summed E-state index contributed by atoms with van der Waals surface area (Å²) in [5, 5.41) is 9.49. The van der Waals surface area contributed by atoms with E-state index in [0.717, 1.165) is 19.5 Å². The van der Waals surface area contributed by atoms with Crippen molar-refractivity contribution in [2.24, 2.45) is 5.92 Å². The smallest absolute Gasteiger partial charge is 0.221 e. The van der Waals surface area contributed by atoms with Gasteiger partial charge < -0.3 is 16.0 Å². The first-order valence-electron chi connectivity index (χ1n) is 5.82. The van der Waals surface area contributed by atoms with E-state index in [4.69, 9.17) is 0 Å². The van der Waals surface area contributed by atoms with Gasteiger partial charge in [0.15, 0.2) is 0 Å². The monoisotopic (exact) mass is 213 g/mol. The van der Waals surface area contributed by atoms with Crippen LogP contribution >= 0.6 is 0 Å². The molecule has 0 aromatic carbocycles. The van der Waals surface area contributed by atoms with Crippen molar-refractivity contribution in [2.45, 2.75) is 38.8 Å². The van der Waals surface area contributed by atoms with Gasteiger partial charge in [-0.25, -0.2) is 0 Å². The van der Waals surface area contributed by atoms with Gasteiger partial charge in [-0.1, -0.05) is 6.92 Å². The van der Waals surface area contributed by atoms with Crippen molar-refractivity contribution in [1.82, 2.24) is 16.0 Å². The van der Waals surface area contributed by atoms with Gasteiger partial charge in [0, 0.05) is 25.0 Å². The standard InChI is InChI=1S/C11H23N3O/c1-8-4-7-13-9(2)11(8)14-10(15)5-6-12-3/h8-9,11-13H,4-7H2,1-3H3,(H,14,15). The molecule has 1 aliphatic heterocycles. The summed E-state index contributed by atoms with van der Waals surface area (Å²) in [6, 6.07) is 0.662. The number of rotatable bonds is 4. The van der Waals surface area contributed by atoms with E-state index in [-0.39, 0.29) is 11.9 Å². The summed E-state index contributed by atoms with van der Waals surface area (Å²) >= 11 is 0. The Morgan fingerprint density at radius 1 is 1.47 bits per heavy atom. The van der Waals surface area contributed by atoms with Crippen LogP contribution in [0.15, 0.2) is 0 Å². The van der Waals surface area contributed by atoms with Crippen LogP contribution in [-0.4, -0.2) is 38.1 Å². The lowest BCUT2D eigenvalue weighted by atomic mass is 9.89. The van der Waals surface area contributed by atoms with Gasteiger partial charge >= 0.3 is 0 Å². The third-order valence-corrected chi connectivity index (χ3v) is 3.15. The van der Waals surface area contributed by atoms with Crippen molar-refractivity contribution >= 4 is 5.91 Å². The van der Waals surface area contributed by atoms with Gasteiger partial charge in [-0.15, -0.1) is 0 Å². The summed E-state index contributed by atoms with van der Waals surface area (Å²) in [5.74, 6) is 0.719. The minimum absolute atomic E-state index is 0.150. The third kappa shape index (κ3) is 3.80. The highest BCUT2D eigenvalue weighted by Gasteiger charge is 2.28. The molecule has 0 aromatic heterocycles. The molecule has 1 fully saturated rings. The Morgan fingerprint density at radius 3 is 2.80 bits per heavy atom. The first-order chi connectivity index (χ1) is 7.15. The minimum Gasteiger partial charge on any atom is -0.352 e. The molecular formula is C11H23N3O. The lowest BCUT2D eigenvalue weighted by molar-refractivity contribution is -0.122. The summed E-state index contributed by atoms with van der Waals surface area (Å²) in [6.45, 7) is 6.15. The molecule has 4 nitrogen and oxygen atoms in total. The molecule has 0 aliphatic carbocycles. The molecule has 88 valence electrons. The number of carbonyl (C=O) groups excluding carboxylic acids is 1. The molecule has 1 rings (SSSR count). The second-order valence-electron chi connectivity index (χ2n) is 4.46. The fourth-order valence-electron chi connectivity index (χ4n) is 2.10. The average molecular weight is 213 g/mol. The average Bonchev–Trinajstić information content (AvgIpc) is 2.21. The van der Waals surface area contributed by atoms with Gasteiger partial charge in [0.05, 0.1) is 0 Å². The van der Waals surface area contributed by atoms with E-state index in [1.807, 2.05) is 7.05 Å². The van der Waals surface area contributed by atoms with Crippen molar-refractivity contribution in [3.63, 3.8) is 0 Å². The summed E-state index contributed by atoms with van der Waals surface area (Å²) in [7, 11) is 1.86. The van der Waals surface area contributed by atoms with Gasteiger partial charge in [-0.2, -0.15) is 0 Å². The summed E-state index contributed by atoms with van der Waals surface area (Å²) in [4.78, 5) is 11.6. The maximum Gasteiger partial charge on any atom is 0.221 e. The zero-order valence-corrected chi connectivity index (χ0v) is 9.97. The molecule has 0 saturated carbocycles. The van der Waals surface area contributed by atoms with Crippen molar-refractivity contribution < 1.29 is 4.79 Å². The largest absolute Gasteiger partial charge is 0.352 e. The van der Waals surface area contributed by atoms with E-state index in [0.29, 0.717) is 18.4 Å². The number of piperidine rings is 1. The molecule has 1 heterocycles. The van der Waals surface area contributed by atoms with E-state index >= 15 is 0 Å². The fraction of sp³-hybridized carbons (Fsp3) is 0.909. The van der Waals surface area contributed by atoms with Crippen LogP contribution in [0, 0.1) is 5.92 Å². The Labute approximate surface area is 92.2 Å². The maximum absolute atomic E-state index is 11.6. The Bertz CT molecular complexity index is 198. The zero-order chi connectivity index (χ0) is 11.3. The van der Waals surface area contributed by atoms with Crippen LogP contribution in [-0.2, 0) is 4.79 Å². The molecule has 4 heteroatoms. The lowest BCUT2D eigenvalue weighted by Crippen LogP contribution is -2.56. The molecule has 0 aromatic rings. The third-order valence-electron chi connectivity index (χ3n) is 3.15. The number of nitrogens with one attached hydrogen (secondary N) is 3. The first kappa shape index (κ1) is 12.5. The molecule has 1 amide bonds. The minimum atomic E-state index is 0.150. The van der Waals surface area contributed by atoms with Crippen LogP contribution in [0.2, 0.25) is 0 Å². The summed E-state index contributed by atoms with van der Waals surface area (Å²) in [5.41, 5.74) is 0. The van der Waals surface area contributed by atoms with E-state index in [9.17, 15) is 4.79 Å². The number of hydrogen-bond acceptors (Lipinski definition) is 3. The van der Waals surface area contributed by atoms with Crippen molar-refractivity contribution in [3.8, 4) is 0 Å². The molecule has 0 spiro atoms. The van der Waals surface area contributed by atoms with E-state index < -0.39 is 0 Å². The summed E-state index contributed by atoms with van der Waals surface area (Å²) in [6.07, 6.45) is 1.70. The van der Waals surface area contributed by atoms with Gasteiger partial charge in [0.25, 0.3) is 0 Å². The summed E-state index contributed by atoms with van der Waals surface area (Å²) < 4.78 is 0. The van der Waals surface area contributed by atoms with Crippen LogP contribution in [0.1, 0.15) is 26.7 Å². The Balaban J connectivity index is 2.37. The predicted octanol–water partition coefficient (Wildman–Crippen LogP) is 0.0986. The Kier molecular flexibility index (Phi) is 5.05. The number of carbonyl (C=O) groups is 1. The molecule has 3 atom stereocenters. The second-order valence-corrected chi connectivity index (χ2v) is 4.46. The van der Waals surface area contributed by atoms with Crippen LogP contribution in [0.4, 0.5) is 0 Å². The maximum atomic E-state index is 11.6. The highest BCUT2D eigenvalue weighted by Crippen LogP contribution is 2.16. The molecular weight excluding hydrogens is 190 g/mol. The van der Waals surface area contributed by atoms with Crippen LogP contribution in [0.3, 0.4) is 0 Å². The highest BCUT2D eigenvalue weighted by molar-refractivity contribution is 5.76. The van der Waals surface area contributed by atoms with Crippen LogP contribution in [0.5, 0.6) is 0 Å². The van der Waals surface area contributed by atoms with Crippen LogP contribution in [0.25, 0.3) is 0 Å². The predicted molar refractivity (Wildman–Crippen MR) is 61.7 cm³/mol. The van der Waals surface area contributed by atoms with Crippen LogP contribution < -0.4 is 16.0 Å². The molecule has 3 unspecified atom stereocenters. The molecule has 3 N–H and O–H groups in total. The van der Waals surface area contributed by atoms with E-state index in [1.54, 1.807) is 0 Å². The van der Waals surface area contributed by atoms with Crippen molar-refractivity contribution in [2.75, 3.05) is 20.1 Å². The second kappa shape index (κ2) is 6.08. The van der Waals surface area contributed by atoms with Crippen molar-refractivity contribution in [3.05, 3.63) is 0 Å². The fourth-order valence-corrected chi connectivity index (χ4v) is 2.10. The van der Waals surface area contributed by atoms with Gasteiger partial charge in [0.2, 0.25) is 5.91 Å². The highest BCUT2D eigenvalue weighted by atomic mass is 16.1. The molecule has 15 heavy (non-hydrogen) atoms. The van der Waals surface area contributed by atoms with Gasteiger partial charge in [0.1, 0.15) is 0 Å². The number of amides is 1. The van der Waals surface area contributed by atoms with Gasteiger partial charge in [-0.3, -0.25) is 4.79 Å². The SMILES string of the molecule is CNCCC(=O)NC1C(C)CCNC1C. The molecule has 1 aliphatic rings.